The van der Waals surface area contributed by atoms with Gasteiger partial charge in [-0.05, 0) is 17.7 Å². The molecule has 0 spiro atoms. The van der Waals surface area contributed by atoms with Crippen molar-refractivity contribution in [2.24, 2.45) is 5.73 Å². The van der Waals surface area contributed by atoms with Crippen molar-refractivity contribution < 1.29 is 22.0 Å². The lowest BCUT2D eigenvalue weighted by molar-refractivity contribution is -0.137. The second-order valence-electron chi connectivity index (χ2n) is 2.98. The normalized spacial score (nSPS) is 14.3. The second kappa shape index (κ2) is 4.14. The number of benzene rings is 1. The summed E-state index contributed by atoms with van der Waals surface area (Å²) < 4.78 is 60.9. The van der Waals surface area contributed by atoms with Crippen molar-refractivity contribution in [3.8, 4) is 0 Å². The molecule has 1 atom stereocenters. The topological polar surface area (TPSA) is 26.0 Å². The summed E-state index contributed by atoms with van der Waals surface area (Å²) >= 11 is 0. The Kier molecular flexibility index (Phi) is 3.28. The molecule has 0 aliphatic rings. The molecule has 1 aromatic carbocycles. The zero-order chi connectivity index (χ0) is 11.6. The number of halogens is 5. The molecule has 0 aliphatic heterocycles. The second-order valence-corrected chi connectivity index (χ2v) is 2.98. The summed E-state index contributed by atoms with van der Waals surface area (Å²) in [6.07, 6.45) is -7.42. The van der Waals surface area contributed by atoms with Crippen molar-refractivity contribution in [2.75, 3.05) is 0 Å². The Morgan fingerprint density at radius 3 is 2.20 bits per heavy atom. The smallest absolute Gasteiger partial charge is 0.319 e. The number of rotatable bonds is 2. The van der Waals surface area contributed by atoms with Gasteiger partial charge < -0.3 is 5.73 Å². The van der Waals surface area contributed by atoms with E-state index in [1.165, 1.54) is 0 Å². The molecule has 0 bridgehead atoms. The third-order valence-electron chi connectivity index (χ3n) is 1.87. The van der Waals surface area contributed by atoms with Crippen molar-refractivity contribution in [3.05, 3.63) is 35.4 Å². The van der Waals surface area contributed by atoms with Gasteiger partial charge in [-0.3, -0.25) is 0 Å². The molecule has 0 amide bonds. The number of alkyl halides is 5. The van der Waals surface area contributed by atoms with Crippen LogP contribution in [0.1, 0.15) is 17.2 Å². The van der Waals surface area contributed by atoms with E-state index in [1.807, 2.05) is 0 Å². The zero-order valence-electron chi connectivity index (χ0n) is 7.43. The maximum atomic E-state index is 12.2. The summed E-state index contributed by atoms with van der Waals surface area (Å²) in [7, 11) is 0. The fourth-order valence-corrected chi connectivity index (χ4v) is 1.07. The van der Waals surface area contributed by atoms with Gasteiger partial charge in [-0.1, -0.05) is 12.1 Å². The molecule has 84 valence electrons. The lowest BCUT2D eigenvalue weighted by atomic mass is 10.0. The highest BCUT2D eigenvalue weighted by molar-refractivity contribution is 5.28. The first-order chi connectivity index (χ1) is 6.82. The predicted octanol–water partition coefficient (Wildman–Crippen LogP) is 2.97. The van der Waals surface area contributed by atoms with Gasteiger partial charge in [0.1, 0.15) is 0 Å². The van der Waals surface area contributed by atoms with Crippen LogP contribution in [0.3, 0.4) is 0 Å². The molecule has 0 saturated heterocycles. The van der Waals surface area contributed by atoms with Gasteiger partial charge in [0.2, 0.25) is 0 Å². The molecular weight excluding hydrogens is 217 g/mol. The summed E-state index contributed by atoms with van der Waals surface area (Å²) in [5, 5.41) is 0. The van der Waals surface area contributed by atoms with E-state index in [-0.39, 0.29) is 5.56 Å². The highest BCUT2D eigenvalue weighted by Crippen LogP contribution is 2.31. The van der Waals surface area contributed by atoms with Crippen LogP contribution in [0, 0.1) is 0 Å². The highest BCUT2D eigenvalue weighted by Gasteiger charge is 2.31. The summed E-state index contributed by atoms with van der Waals surface area (Å²) in [6, 6.07) is 1.96. The Morgan fingerprint density at radius 1 is 1.13 bits per heavy atom. The average molecular weight is 225 g/mol. The van der Waals surface area contributed by atoms with Gasteiger partial charge in [-0.25, -0.2) is 8.78 Å². The van der Waals surface area contributed by atoms with Gasteiger partial charge >= 0.3 is 6.18 Å². The third-order valence-corrected chi connectivity index (χ3v) is 1.87. The molecule has 0 aromatic heterocycles. The van der Waals surface area contributed by atoms with Crippen molar-refractivity contribution in [3.63, 3.8) is 0 Å². The van der Waals surface area contributed by atoms with Gasteiger partial charge in [-0.15, -0.1) is 0 Å². The maximum absolute atomic E-state index is 12.2. The van der Waals surface area contributed by atoms with E-state index in [0.717, 1.165) is 18.2 Å². The van der Waals surface area contributed by atoms with E-state index < -0.39 is 24.2 Å². The molecule has 0 radical (unpaired) electrons. The van der Waals surface area contributed by atoms with E-state index in [1.54, 1.807) is 0 Å². The van der Waals surface area contributed by atoms with Gasteiger partial charge in [0.15, 0.2) is 0 Å². The van der Waals surface area contributed by atoms with Crippen LogP contribution in [-0.2, 0) is 6.18 Å². The molecular formula is C9H8F5N. The average Bonchev–Trinajstić information content (AvgIpc) is 2.15. The first kappa shape index (κ1) is 11.9. The minimum Gasteiger partial charge on any atom is -0.319 e. The zero-order valence-corrected chi connectivity index (χ0v) is 7.43. The van der Waals surface area contributed by atoms with Crippen molar-refractivity contribution >= 4 is 0 Å². The standard InChI is InChI=1S/C9H8F5N/c10-8(11)7(15)5-2-1-3-6(4-5)9(12,13)14/h1-4,7-8H,15H2. The lowest BCUT2D eigenvalue weighted by Crippen LogP contribution is -2.19. The molecule has 0 saturated carbocycles. The summed E-state index contributed by atoms with van der Waals surface area (Å²) in [5.41, 5.74) is 3.83. The Hall–Kier alpha value is -1.17. The fourth-order valence-electron chi connectivity index (χ4n) is 1.07. The number of hydrogen-bond donors (Lipinski definition) is 1. The van der Waals surface area contributed by atoms with E-state index >= 15 is 0 Å². The van der Waals surface area contributed by atoms with E-state index in [2.05, 4.69) is 0 Å². The molecule has 2 N–H and O–H groups in total. The van der Waals surface area contributed by atoms with Crippen LogP contribution in [0.25, 0.3) is 0 Å². The molecule has 1 aromatic rings. The van der Waals surface area contributed by atoms with E-state index in [9.17, 15) is 22.0 Å². The molecule has 0 fully saturated rings. The maximum Gasteiger partial charge on any atom is 0.416 e. The summed E-state index contributed by atoms with van der Waals surface area (Å²) in [5.74, 6) is 0. The molecule has 1 nitrogen and oxygen atoms in total. The Bertz CT molecular complexity index is 334. The van der Waals surface area contributed by atoms with Gasteiger partial charge in [0.25, 0.3) is 6.43 Å². The van der Waals surface area contributed by atoms with Gasteiger partial charge in [0, 0.05) is 0 Å². The fraction of sp³-hybridized carbons (Fsp3) is 0.333. The molecule has 15 heavy (non-hydrogen) atoms. The third kappa shape index (κ3) is 2.89. The highest BCUT2D eigenvalue weighted by atomic mass is 19.4. The van der Waals surface area contributed by atoms with Crippen LogP contribution in [0.2, 0.25) is 0 Å². The van der Waals surface area contributed by atoms with Crippen LogP contribution in [-0.4, -0.2) is 6.43 Å². The first-order valence-electron chi connectivity index (χ1n) is 4.03. The minimum atomic E-state index is -4.54. The number of nitrogens with two attached hydrogens (primary N) is 1. The SMILES string of the molecule is NC(c1cccc(C(F)(F)F)c1)C(F)F. The number of hydrogen-bond acceptors (Lipinski definition) is 1. The predicted molar refractivity (Wildman–Crippen MR) is 44.4 cm³/mol. The van der Waals surface area contributed by atoms with Crippen molar-refractivity contribution in [1.82, 2.24) is 0 Å². The van der Waals surface area contributed by atoms with Crippen molar-refractivity contribution in [2.45, 2.75) is 18.6 Å². The molecule has 1 rings (SSSR count). The summed E-state index contributed by atoms with van der Waals surface area (Å²) in [4.78, 5) is 0. The van der Waals surface area contributed by atoms with Crippen LogP contribution in [0.15, 0.2) is 24.3 Å². The lowest BCUT2D eigenvalue weighted by Gasteiger charge is -2.13. The quantitative estimate of drug-likeness (QED) is 0.769. The van der Waals surface area contributed by atoms with Gasteiger partial charge in [-0.2, -0.15) is 13.2 Å². The molecule has 0 heterocycles. The molecule has 1 unspecified atom stereocenters. The van der Waals surface area contributed by atoms with E-state index in [4.69, 9.17) is 5.73 Å². The monoisotopic (exact) mass is 225 g/mol. The largest absolute Gasteiger partial charge is 0.416 e. The van der Waals surface area contributed by atoms with Crippen molar-refractivity contribution in [1.29, 1.82) is 0 Å². The van der Waals surface area contributed by atoms with Crippen LogP contribution >= 0.6 is 0 Å². The Labute approximate surface area is 82.7 Å². The van der Waals surface area contributed by atoms with Gasteiger partial charge in [0.05, 0.1) is 11.6 Å². The first-order valence-corrected chi connectivity index (χ1v) is 4.03. The molecule has 0 aliphatic carbocycles. The van der Waals surface area contributed by atoms with E-state index in [0.29, 0.717) is 6.07 Å². The summed E-state index contributed by atoms with van der Waals surface area (Å²) in [6.45, 7) is 0. The van der Waals surface area contributed by atoms with Crippen LogP contribution in [0.5, 0.6) is 0 Å². The Morgan fingerprint density at radius 2 is 1.73 bits per heavy atom. The Balaban J connectivity index is 3.03. The minimum absolute atomic E-state index is 0.222. The molecule has 6 heteroatoms. The van der Waals surface area contributed by atoms with Crippen LogP contribution in [0.4, 0.5) is 22.0 Å². The van der Waals surface area contributed by atoms with Crippen LogP contribution < -0.4 is 5.73 Å².